The smallest absolute Gasteiger partial charge is 0.229 e. The fraction of sp³-hybridized carbons (Fsp3) is 0.556. The molecule has 1 fully saturated rings. The maximum Gasteiger partial charge on any atom is 0.229 e. The van der Waals surface area contributed by atoms with Gasteiger partial charge in [0.2, 0.25) is 11.8 Å². The summed E-state index contributed by atoms with van der Waals surface area (Å²) in [5, 5.41) is 5.78. The number of halogens is 1. The van der Waals surface area contributed by atoms with Crippen LogP contribution in [0.3, 0.4) is 0 Å². The average molecular weight is 354 g/mol. The molecule has 24 heavy (non-hydrogen) atoms. The minimum atomic E-state index is -0.449. The predicted octanol–water partition coefficient (Wildman–Crippen LogP) is 3.69. The van der Waals surface area contributed by atoms with E-state index >= 15 is 0 Å². The molecule has 6 heteroatoms. The first kappa shape index (κ1) is 20.5. The quantitative estimate of drug-likeness (QED) is 0.754. The van der Waals surface area contributed by atoms with Crippen LogP contribution in [0.15, 0.2) is 24.3 Å². The van der Waals surface area contributed by atoms with Crippen molar-refractivity contribution in [2.24, 2.45) is 11.7 Å². The topological polar surface area (TPSA) is 84.2 Å². The van der Waals surface area contributed by atoms with Crippen LogP contribution < -0.4 is 16.4 Å². The Morgan fingerprint density at radius 3 is 2.54 bits per heavy atom. The lowest BCUT2D eigenvalue weighted by molar-refractivity contribution is -0.122. The Labute approximate surface area is 150 Å². The number of benzene rings is 1. The van der Waals surface area contributed by atoms with Crippen LogP contribution in [0.4, 0.5) is 11.4 Å². The third-order valence-corrected chi connectivity index (χ3v) is 4.46. The second-order valence-electron chi connectivity index (χ2n) is 6.67. The monoisotopic (exact) mass is 353 g/mol. The Morgan fingerprint density at radius 1 is 1.25 bits per heavy atom. The summed E-state index contributed by atoms with van der Waals surface area (Å²) in [5.41, 5.74) is 7.22. The largest absolute Gasteiger partial charge is 0.326 e. The number of hydrogen-bond acceptors (Lipinski definition) is 3. The maximum absolute atomic E-state index is 12.5. The van der Waals surface area contributed by atoms with E-state index in [1.54, 1.807) is 6.07 Å². The Kier molecular flexibility index (Phi) is 7.70. The molecule has 1 aliphatic rings. The second-order valence-corrected chi connectivity index (χ2v) is 6.67. The van der Waals surface area contributed by atoms with Gasteiger partial charge >= 0.3 is 0 Å². The average Bonchev–Trinajstić information content (AvgIpc) is 2.47. The number of hydrogen-bond donors (Lipinski definition) is 3. The van der Waals surface area contributed by atoms with Gasteiger partial charge < -0.3 is 16.4 Å². The number of rotatable bonds is 5. The van der Waals surface area contributed by atoms with Crippen LogP contribution in [0.5, 0.6) is 0 Å². The Bertz CT molecular complexity index is 575. The molecular formula is C18H28ClN3O2. The Morgan fingerprint density at radius 2 is 1.92 bits per heavy atom. The molecule has 2 atom stereocenters. The normalized spacial score (nSPS) is 23.0. The van der Waals surface area contributed by atoms with Crippen molar-refractivity contribution >= 4 is 35.6 Å². The van der Waals surface area contributed by atoms with E-state index in [0.29, 0.717) is 17.8 Å². The van der Waals surface area contributed by atoms with Gasteiger partial charge in [-0.15, -0.1) is 12.4 Å². The van der Waals surface area contributed by atoms with Gasteiger partial charge in [0, 0.05) is 23.3 Å². The van der Waals surface area contributed by atoms with Crippen molar-refractivity contribution in [3.63, 3.8) is 0 Å². The second kappa shape index (κ2) is 9.04. The third kappa shape index (κ3) is 5.49. The van der Waals surface area contributed by atoms with Crippen molar-refractivity contribution in [3.05, 3.63) is 24.3 Å². The van der Waals surface area contributed by atoms with Gasteiger partial charge in [-0.25, -0.2) is 0 Å². The highest BCUT2D eigenvalue weighted by molar-refractivity contribution is 5.95. The van der Waals surface area contributed by atoms with Gasteiger partial charge in [0.05, 0.1) is 5.92 Å². The van der Waals surface area contributed by atoms with Crippen molar-refractivity contribution in [2.75, 3.05) is 10.6 Å². The van der Waals surface area contributed by atoms with Gasteiger partial charge in [0.25, 0.3) is 0 Å². The van der Waals surface area contributed by atoms with E-state index in [0.717, 1.165) is 32.1 Å². The van der Waals surface area contributed by atoms with E-state index in [9.17, 15) is 9.59 Å². The lowest BCUT2D eigenvalue weighted by Crippen LogP contribution is -2.51. The summed E-state index contributed by atoms with van der Waals surface area (Å²) in [5.74, 6) is -0.223. The zero-order chi connectivity index (χ0) is 16.9. The van der Waals surface area contributed by atoms with Crippen LogP contribution in [0, 0.1) is 5.92 Å². The van der Waals surface area contributed by atoms with E-state index in [1.807, 2.05) is 32.0 Å². The van der Waals surface area contributed by atoms with E-state index in [1.165, 1.54) is 0 Å². The molecule has 134 valence electrons. The summed E-state index contributed by atoms with van der Waals surface area (Å²) < 4.78 is 0. The molecule has 1 aromatic carbocycles. The van der Waals surface area contributed by atoms with Crippen LogP contribution in [0.2, 0.25) is 0 Å². The highest BCUT2D eigenvalue weighted by Crippen LogP contribution is 2.32. The van der Waals surface area contributed by atoms with E-state index < -0.39 is 5.54 Å². The molecule has 1 aliphatic carbocycles. The summed E-state index contributed by atoms with van der Waals surface area (Å²) in [6, 6.07) is 7.24. The molecule has 0 radical (unpaired) electrons. The molecule has 1 aromatic rings. The molecule has 2 unspecified atom stereocenters. The van der Waals surface area contributed by atoms with E-state index in [-0.39, 0.29) is 30.1 Å². The lowest BCUT2D eigenvalue weighted by atomic mass is 9.74. The van der Waals surface area contributed by atoms with E-state index in [2.05, 4.69) is 10.6 Å². The molecule has 0 spiro atoms. The lowest BCUT2D eigenvalue weighted by Gasteiger charge is -2.37. The summed E-state index contributed by atoms with van der Waals surface area (Å²) in [7, 11) is 0. The predicted molar refractivity (Wildman–Crippen MR) is 100 cm³/mol. The number of amides is 2. The molecule has 0 heterocycles. The van der Waals surface area contributed by atoms with Gasteiger partial charge in [0.15, 0.2) is 0 Å². The van der Waals surface area contributed by atoms with Gasteiger partial charge in [-0.3, -0.25) is 9.59 Å². The van der Waals surface area contributed by atoms with Crippen molar-refractivity contribution in [1.29, 1.82) is 0 Å². The van der Waals surface area contributed by atoms with Crippen LogP contribution in [-0.2, 0) is 9.59 Å². The summed E-state index contributed by atoms with van der Waals surface area (Å²) in [6.45, 7) is 3.92. The number of nitrogens with two attached hydrogens (primary N) is 1. The molecule has 0 bridgehead atoms. The minimum absolute atomic E-state index is 0. The fourth-order valence-electron chi connectivity index (χ4n) is 3.14. The first-order chi connectivity index (χ1) is 10.9. The first-order valence-corrected chi connectivity index (χ1v) is 8.42. The van der Waals surface area contributed by atoms with Crippen LogP contribution in [0.25, 0.3) is 0 Å². The molecule has 1 saturated carbocycles. The molecular weight excluding hydrogens is 326 g/mol. The van der Waals surface area contributed by atoms with E-state index in [4.69, 9.17) is 5.73 Å². The number of carbonyl (C=O) groups is 2. The molecule has 4 N–H and O–H groups in total. The van der Waals surface area contributed by atoms with Crippen molar-refractivity contribution < 1.29 is 9.59 Å². The van der Waals surface area contributed by atoms with Gasteiger partial charge in [0.1, 0.15) is 0 Å². The van der Waals surface area contributed by atoms with Crippen LogP contribution in [0.1, 0.15) is 52.4 Å². The summed E-state index contributed by atoms with van der Waals surface area (Å²) in [6.07, 6.45) is 5.11. The maximum atomic E-state index is 12.5. The van der Waals surface area contributed by atoms with Crippen molar-refractivity contribution in [1.82, 2.24) is 0 Å². The van der Waals surface area contributed by atoms with Gasteiger partial charge in [-0.1, -0.05) is 25.8 Å². The van der Waals surface area contributed by atoms with Gasteiger partial charge in [-0.05, 0) is 44.4 Å². The molecule has 5 nitrogen and oxygen atoms in total. The molecule has 2 amide bonds. The molecule has 2 rings (SSSR count). The number of nitrogens with one attached hydrogen (secondary N) is 2. The highest BCUT2D eigenvalue weighted by Gasteiger charge is 2.37. The zero-order valence-corrected chi connectivity index (χ0v) is 15.2. The highest BCUT2D eigenvalue weighted by atomic mass is 35.5. The summed E-state index contributed by atoms with van der Waals surface area (Å²) >= 11 is 0. The zero-order valence-electron chi connectivity index (χ0n) is 14.4. The Hall–Kier alpha value is -1.59. The molecule has 0 aromatic heterocycles. The molecule has 0 aliphatic heterocycles. The fourth-order valence-corrected chi connectivity index (χ4v) is 3.14. The Balaban J connectivity index is 0.00000288. The van der Waals surface area contributed by atoms with Crippen LogP contribution in [-0.4, -0.2) is 17.4 Å². The standard InChI is InChI=1S/C18H27N3O2.ClH/c1-3-7-16(22)20-13-8-6-9-14(12-13)21-17(23)15-10-4-5-11-18(15,2)19;/h6,8-9,12,15H,3-5,7,10-11,19H2,1-2H3,(H,20,22)(H,21,23);1H. The van der Waals surface area contributed by atoms with Crippen LogP contribution >= 0.6 is 12.4 Å². The van der Waals surface area contributed by atoms with Crippen molar-refractivity contribution in [2.45, 2.75) is 57.9 Å². The van der Waals surface area contributed by atoms with Gasteiger partial charge in [-0.2, -0.15) is 0 Å². The third-order valence-electron chi connectivity index (χ3n) is 4.46. The first-order valence-electron chi connectivity index (χ1n) is 8.42. The number of carbonyl (C=O) groups excluding carboxylic acids is 2. The van der Waals surface area contributed by atoms with Crippen molar-refractivity contribution in [3.8, 4) is 0 Å². The summed E-state index contributed by atoms with van der Waals surface area (Å²) in [4.78, 5) is 24.2. The number of anilines is 2. The molecule has 0 saturated heterocycles. The minimum Gasteiger partial charge on any atom is -0.326 e. The SMILES string of the molecule is CCCC(=O)Nc1cccc(NC(=O)C2CCCCC2(C)N)c1.Cl.